The number of amides is 8. The van der Waals surface area contributed by atoms with Crippen molar-refractivity contribution in [1.29, 1.82) is 0 Å². The lowest BCUT2D eigenvalue weighted by molar-refractivity contribution is -0.142. The number of nitrogens with zero attached hydrogens (tertiary/aromatic N) is 1. The monoisotopic (exact) mass is 776 g/mol. The van der Waals surface area contributed by atoms with E-state index in [1.54, 1.807) is 0 Å². The van der Waals surface area contributed by atoms with Gasteiger partial charge in [-0.15, -0.1) is 0 Å². The number of nitrogens with one attached hydrogen (secondary N) is 6. The Morgan fingerprint density at radius 1 is 0.630 bits per heavy atom. The van der Waals surface area contributed by atoms with Crippen LogP contribution in [0.2, 0.25) is 0 Å². The van der Waals surface area contributed by atoms with Gasteiger partial charge >= 0.3 is 5.97 Å². The average Bonchev–Trinajstić information content (AvgIpc) is 3.08. The predicted molar refractivity (Wildman–Crippen MR) is 185 cm³/mol. The van der Waals surface area contributed by atoms with Gasteiger partial charge in [-0.2, -0.15) is 0 Å². The molecule has 54 heavy (non-hydrogen) atoms. The second-order valence-corrected chi connectivity index (χ2v) is 12.0. The van der Waals surface area contributed by atoms with Crippen LogP contribution >= 0.6 is 0 Å². The molecule has 25 nitrogen and oxygen atoms in total. The Bertz CT molecular complexity index is 1370. The van der Waals surface area contributed by atoms with E-state index < -0.39 is 134 Å². The van der Waals surface area contributed by atoms with Crippen LogP contribution in [-0.4, -0.2) is 148 Å². The lowest BCUT2D eigenvalue weighted by Gasteiger charge is -2.27. The number of carbonyl (C=O) groups excluding carboxylic acids is 8. The van der Waals surface area contributed by atoms with Crippen LogP contribution in [0.25, 0.3) is 0 Å². The number of nitrogens with two attached hydrogens (primary N) is 5. The van der Waals surface area contributed by atoms with E-state index in [9.17, 15) is 63.6 Å². The first-order valence-corrected chi connectivity index (χ1v) is 16.5. The molecule has 8 atom stereocenters. The summed E-state index contributed by atoms with van der Waals surface area (Å²) in [5, 5.41) is 52.0. The number of rotatable bonds is 26. The van der Waals surface area contributed by atoms with Gasteiger partial charge in [0, 0.05) is 19.4 Å². The average molecular weight is 777 g/mol. The first-order valence-electron chi connectivity index (χ1n) is 16.5. The molecular weight excluding hydrogens is 724 g/mol. The third-order valence-corrected chi connectivity index (χ3v) is 7.33. The molecule has 0 aliphatic heterocycles. The molecule has 0 aromatic heterocycles. The fraction of sp³-hybridized carbons (Fsp3) is 0.655. The van der Waals surface area contributed by atoms with Crippen molar-refractivity contribution in [2.24, 2.45) is 33.7 Å². The Labute approximate surface area is 308 Å². The van der Waals surface area contributed by atoms with Crippen LogP contribution in [0.15, 0.2) is 4.99 Å². The number of guanidine groups is 1. The van der Waals surface area contributed by atoms with Crippen molar-refractivity contribution < 1.29 is 63.6 Å². The fourth-order valence-corrected chi connectivity index (χ4v) is 4.28. The Morgan fingerprint density at radius 2 is 1.11 bits per heavy atom. The zero-order valence-electron chi connectivity index (χ0n) is 29.8. The normalized spacial score (nSPS) is 15.2. The molecule has 20 N–H and O–H groups in total. The summed E-state index contributed by atoms with van der Waals surface area (Å²) in [6.07, 6.45) is -4.78. The van der Waals surface area contributed by atoms with Crippen LogP contribution in [0.4, 0.5) is 0 Å². The van der Waals surface area contributed by atoms with Gasteiger partial charge in [0.1, 0.15) is 36.3 Å². The summed E-state index contributed by atoms with van der Waals surface area (Å²) in [5.74, 6) is -9.94. The first kappa shape index (κ1) is 48.3. The zero-order valence-corrected chi connectivity index (χ0v) is 29.8. The number of aliphatic carboxylic acids is 1. The number of aliphatic hydroxyl groups is 3. The van der Waals surface area contributed by atoms with Crippen LogP contribution in [0.3, 0.4) is 0 Å². The minimum atomic E-state index is -1.85. The van der Waals surface area contributed by atoms with Gasteiger partial charge < -0.3 is 81.0 Å². The molecule has 0 aliphatic rings. The quantitative estimate of drug-likeness (QED) is 0.0220. The van der Waals surface area contributed by atoms with Crippen LogP contribution < -0.4 is 60.6 Å². The number of aliphatic hydroxyl groups excluding tert-OH is 3. The van der Waals surface area contributed by atoms with Gasteiger partial charge in [-0.25, -0.2) is 4.79 Å². The molecule has 0 rings (SSSR count). The Kier molecular flexibility index (Phi) is 22.0. The molecule has 0 unspecified atom stereocenters. The summed E-state index contributed by atoms with van der Waals surface area (Å²) in [5.41, 5.74) is 26.4. The molecular formula is C29H52N12O13. The molecule has 0 bridgehead atoms. The van der Waals surface area contributed by atoms with E-state index >= 15 is 0 Å². The van der Waals surface area contributed by atoms with Crippen molar-refractivity contribution in [3.63, 3.8) is 0 Å². The van der Waals surface area contributed by atoms with Gasteiger partial charge in [0.05, 0.1) is 25.4 Å². The number of aliphatic imine (C=N–C) groups is 1. The number of hydrogen-bond acceptors (Lipinski definition) is 14. The summed E-state index contributed by atoms with van der Waals surface area (Å²) in [6.45, 7) is 0.546. The minimum absolute atomic E-state index is 0.0231. The van der Waals surface area contributed by atoms with E-state index in [0.717, 1.165) is 6.92 Å². The molecule has 0 saturated heterocycles. The van der Waals surface area contributed by atoms with E-state index in [1.165, 1.54) is 6.92 Å². The van der Waals surface area contributed by atoms with Crippen LogP contribution in [0.5, 0.6) is 0 Å². The molecule has 0 aliphatic carbocycles. The SMILES string of the molecule is C[C@@H](O)[C@H](N)C(=O)NCC(=O)N[C@@H](CO)C(=O)N[C@H](C(=O)N[C@@H](CCC(N)=O)C(=O)N[C@@H](CCCN=C(N)N)C(=O)N[C@@H](CCC(N)=O)C(=O)O)[C@@H](C)O. The number of carboxylic acid groups (broad SMARTS) is 1. The van der Waals surface area contributed by atoms with E-state index in [-0.39, 0.29) is 31.8 Å². The van der Waals surface area contributed by atoms with Gasteiger partial charge in [-0.1, -0.05) is 0 Å². The van der Waals surface area contributed by atoms with E-state index in [4.69, 9.17) is 28.7 Å². The molecule has 0 saturated carbocycles. The molecule has 0 fully saturated rings. The minimum Gasteiger partial charge on any atom is -0.480 e. The second-order valence-electron chi connectivity index (χ2n) is 12.0. The maximum absolute atomic E-state index is 13.5. The highest BCUT2D eigenvalue weighted by atomic mass is 16.4. The molecule has 0 radical (unpaired) electrons. The number of primary amides is 2. The number of carboxylic acids is 1. The third kappa shape index (κ3) is 19.3. The van der Waals surface area contributed by atoms with Gasteiger partial charge in [0.2, 0.25) is 47.3 Å². The maximum atomic E-state index is 13.5. The Hall–Kier alpha value is -5.66. The van der Waals surface area contributed by atoms with Crippen molar-refractivity contribution in [2.45, 2.75) is 101 Å². The summed E-state index contributed by atoms with van der Waals surface area (Å²) >= 11 is 0. The number of hydrogen-bond donors (Lipinski definition) is 15. The van der Waals surface area contributed by atoms with Gasteiger partial charge in [0.25, 0.3) is 0 Å². The van der Waals surface area contributed by atoms with Crippen molar-refractivity contribution in [2.75, 3.05) is 19.7 Å². The highest BCUT2D eigenvalue weighted by molar-refractivity contribution is 5.97. The molecule has 0 spiro atoms. The van der Waals surface area contributed by atoms with Crippen molar-refractivity contribution in [1.82, 2.24) is 31.9 Å². The Morgan fingerprint density at radius 3 is 1.57 bits per heavy atom. The van der Waals surface area contributed by atoms with E-state index in [0.29, 0.717) is 0 Å². The van der Waals surface area contributed by atoms with Gasteiger partial charge in [0.15, 0.2) is 5.96 Å². The summed E-state index contributed by atoms with van der Waals surface area (Å²) in [7, 11) is 0. The third-order valence-electron chi connectivity index (χ3n) is 7.33. The summed E-state index contributed by atoms with van der Waals surface area (Å²) in [6, 6.07) is -9.69. The van der Waals surface area contributed by atoms with Crippen molar-refractivity contribution >= 4 is 59.2 Å². The highest BCUT2D eigenvalue weighted by Gasteiger charge is 2.34. The standard InChI is InChI=1S/C29H52N12O13/c1-12(43)21(32)26(51)36-10-20(47)37-17(11-42)25(50)41-22(13(2)44)27(52)39-15(5-7-18(30)45)24(49)38-14(4-3-9-35-29(33)34)23(48)40-16(28(53)54)6-8-19(31)46/h12-17,21-22,42-44H,3-11,32H2,1-2H3,(H2,30,45)(H2,31,46)(H,36,51)(H,37,47)(H,38,49)(H,39,52)(H,40,48)(H,41,50)(H,53,54)(H4,33,34,35)/t12-,13-,14+,15+,16+,17+,21+,22+/m1/s1. The zero-order chi connectivity index (χ0) is 41.7. The predicted octanol–water partition coefficient (Wildman–Crippen LogP) is -8.72. The topological polar surface area (TPSA) is 449 Å². The maximum Gasteiger partial charge on any atom is 0.326 e. The molecule has 0 aromatic rings. The number of carbonyl (C=O) groups is 9. The Balaban J connectivity index is 6.06. The summed E-state index contributed by atoms with van der Waals surface area (Å²) < 4.78 is 0. The highest BCUT2D eigenvalue weighted by Crippen LogP contribution is 2.07. The van der Waals surface area contributed by atoms with Crippen LogP contribution in [0.1, 0.15) is 52.4 Å². The molecule has 0 aromatic carbocycles. The summed E-state index contributed by atoms with van der Waals surface area (Å²) in [4.78, 5) is 115. The first-order chi connectivity index (χ1) is 25.1. The van der Waals surface area contributed by atoms with Crippen molar-refractivity contribution in [3.05, 3.63) is 0 Å². The molecule has 8 amide bonds. The lowest BCUT2D eigenvalue weighted by atomic mass is 10.0. The van der Waals surface area contributed by atoms with Gasteiger partial charge in [-0.3, -0.25) is 43.3 Å². The van der Waals surface area contributed by atoms with Crippen LogP contribution in [0, 0.1) is 0 Å². The van der Waals surface area contributed by atoms with E-state index in [1.807, 2.05) is 0 Å². The van der Waals surface area contributed by atoms with Crippen LogP contribution in [-0.2, 0) is 43.2 Å². The lowest BCUT2D eigenvalue weighted by Crippen LogP contribution is -2.61. The fourth-order valence-electron chi connectivity index (χ4n) is 4.28. The largest absolute Gasteiger partial charge is 0.480 e. The van der Waals surface area contributed by atoms with Crippen molar-refractivity contribution in [3.8, 4) is 0 Å². The molecule has 0 heterocycles. The molecule has 25 heteroatoms. The van der Waals surface area contributed by atoms with E-state index in [2.05, 4.69) is 36.9 Å². The smallest absolute Gasteiger partial charge is 0.326 e. The second kappa shape index (κ2) is 24.6. The molecule has 306 valence electrons. The van der Waals surface area contributed by atoms with Gasteiger partial charge in [-0.05, 0) is 39.5 Å².